The number of fused-ring (bicyclic) bond motifs is 1. The number of anilines is 1. The van der Waals surface area contributed by atoms with E-state index in [0.29, 0.717) is 5.69 Å². The predicted molar refractivity (Wildman–Crippen MR) is 95.7 cm³/mol. The first-order valence-electron chi connectivity index (χ1n) is 7.09. The van der Waals surface area contributed by atoms with E-state index in [0.717, 1.165) is 20.1 Å². The number of phenols is 1. The maximum absolute atomic E-state index is 10.8. The molecule has 0 aliphatic carbocycles. The zero-order valence-electron chi connectivity index (χ0n) is 13.0. The topological polar surface area (TPSA) is 99.4 Å². The van der Waals surface area contributed by atoms with Crippen molar-refractivity contribution in [1.82, 2.24) is 15.0 Å². The molecule has 25 heavy (non-hydrogen) atoms. The van der Waals surface area contributed by atoms with E-state index in [9.17, 15) is 9.90 Å². The standard InChI is InChI=1S/C17H12N4O3S/c1-21(17(23)24)15-10-18-11(9-19-15)4-2-3-5-16-20-13-7-6-12(22)8-14(13)25-16/h3,5-10,22H,1H3,(H,23,24). The van der Waals surface area contributed by atoms with Crippen molar-refractivity contribution in [1.29, 1.82) is 0 Å². The average molecular weight is 352 g/mol. The Kier molecular flexibility index (Phi) is 4.59. The van der Waals surface area contributed by atoms with E-state index in [-0.39, 0.29) is 11.6 Å². The van der Waals surface area contributed by atoms with Gasteiger partial charge in [-0.25, -0.2) is 19.7 Å². The quantitative estimate of drug-likeness (QED) is 0.688. The number of thiazole rings is 1. The molecule has 0 spiro atoms. The number of aromatic hydroxyl groups is 1. The number of phenolic OH excluding ortho intramolecular Hbond substituents is 1. The van der Waals surface area contributed by atoms with Crippen LogP contribution in [0.25, 0.3) is 16.3 Å². The second-order valence-corrected chi connectivity index (χ2v) is 5.97. The molecule has 0 radical (unpaired) electrons. The fraction of sp³-hybridized carbons (Fsp3) is 0.0588. The molecule has 2 heterocycles. The van der Waals surface area contributed by atoms with Crippen molar-refractivity contribution in [3.8, 4) is 17.6 Å². The SMILES string of the molecule is CN(C(=O)O)c1cnc(C#CC=Cc2nc3ccc(O)cc3s2)cn1. The summed E-state index contributed by atoms with van der Waals surface area (Å²) in [5, 5.41) is 19.1. The molecule has 0 aliphatic heterocycles. The molecular formula is C17H12N4O3S. The fourth-order valence-corrected chi connectivity index (χ4v) is 2.79. The van der Waals surface area contributed by atoms with Crippen LogP contribution in [-0.2, 0) is 0 Å². The third kappa shape index (κ3) is 3.91. The van der Waals surface area contributed by atoms with Gasteiger partial charge in [0.25, 0.3) is 0 Å². The second kappa shape index (κ2) is 6.98. The smallest absolute Gasteiger partial charge is 0.412 e. The lowest BCUT2D eigenvalue weighted by molar-refractivity contribution is 0.203. The number of carboxylic acid groups (broad SMARTS) is 1. The van der Waals surface area contributed by atoms with E-state index in [4.69, 9.17) is 5.11 Å². The molecule has 3 aromatic rings. The van der Waals surface area contributed by atoms with Gasteiger partial charge in [-0.2, -0.15) is 0 Å². The number of hydrogen-bond donors (Lipinski definition) is 2. The Bertz CT molecular complexity index is 1020. The fourth-order valence-electron chi connectivity index (χ4n) is 1.89. The molecular weight excluding hydrogens is 340 g/mol. The summed E-state index contributed by atoms with van der Waals surface area (Å²) < 4.78 is 0.900. The molecule has 1 aromatic carbocycles. The minimum Gasteiger partial charge on any atom is -0.508 e. The van der Waals surface area contributed by atoms with Crippen LogP contribution in [0.5, 0.6) is 5.75 Å². The van der Waals surface area contributed by atoms with Crippen LogP contribution in [0.15, 0.2) is 36.7 Å². The highest BCUT2D eigenvalue weighted by atomic mass is 32.1. The summed E-state index contributed by atoms with van der Waals surface area (Å²) in [5.41, 5.74) is 1.25. The molecule has 0 unspecified atom stereocenters. The van der Waals surface area contributed by atoms with Crippen LogP contribution in [-0.4, -0.2) is 38.3 Å². The van der Waals surface area contributed by atoms with Crippen LogP contribution in [0.3, 0.4) is 0 Å². The lowest BCUT2D eigenvalue weighted by Gasteiger charge is -2.10. The highest BCUT2D eigenvalue weighted by Crippen LogP contribution is 2.26. The van der Waals surface area contributed by atoms with Gasteiger partial charge in [-0.05, 0) is 36.3 Å². The molecule has 2 N–H and O–H groups in total. The molecule has 0 saturated carbocycles. The van der Waals surface area contributed by atoms with Gasteiger partial charge in [0, 0.05) is 7.05 Å². The van der Waals surface area contributed by atoms with Crippen molar-refractivity contribution in [3.05, 3.63) is 47.4 Å². The minimum absolute atomic E-state index is 0.210. The maximum atomic E-state index is 10.8. The van der Waals surface area contributed by atoms with Crippen molar-refractivity contribution >= 4 is 39.5 Å². The summed E-state index contributed by atoms with van der Waals surface area (Å²) in [6.45, 7) is 0. The molecule has 1 amide bonds. The number of rotatable bonds is 2. The number of amides is 1. The van der Waals surface area contributed by atoms with Crippen molar-refractivity contribution in [2.45, 2.75) is 0 Å². The van der Waals surface area contributed by atoms with E-state index in [1.165, 1.54) is 30.8 Å². The van der Waals surface area contributed by atoms with Gasteiger partial charge in [0.05, 0.1) is 22.6 Å². The Morgan fingerprint density at radius 2 is 2.16 bits per heavy atom. The van der Waals surface area contributed by atoms with E-state index < -0.39 is 6.09 Å². The molecule has 3 rings (SSSR count). The van der Waals surface area contributed by atoms with Crippen LogP contribution in [0.1, 0.15) is 10.7 Å². The Morgan fingerprint density at radius 3 is 2.88 bits per heavy atom. The molecule has 0 atom stereocenters. The number of hydrogen-bond acceptors (Lipinski definition) is 6. The number of benzene rings is 1. The van der Waals surface area contributed by atoms with Crippen LogP contribution < -0.4 is 4.90 Å². The zero-order chi connectivity index (χ0) is 17.8. The first-order valence-corrected chi connectivity index (χ1v) is 7.91. The second-order valence-electron chi connectivity index (χ2n) is 4.91. The average Bonchev–Trinajstić information content (AvgIpc) is 3.00. The lowest BCUT2D eigenvalue weighted by atomic mass is 10.3. The first-order chi connectivity index (χ1) is 12.0. The van der Waals surface area contributed by atoms with E-state index in [1.54, 1.807) is 30.4 Å². The predicted octanol–water partition coefficient (Wildman–Crippen LogP) is 2.97. The highest BCUT2D eigenvalue weighted by Gasteiger charge is 2.09. The molecule has 8 heteroatoms. The van der Waals surface area contributed by atoms with Gasteiger partial charge in [0.15, 0.2) is 5.82 Å². The summed E-state index contributed by atoms with van der Waals surface area (Å²) in [7, 11) is 1.39. The van der Waals surface area contributed by atoms with E-state index in [2.05, 4.69) is 26.8 Å². The van der Waals surface area contributed by atoms with Gasteiger partial charge in [0.1, 0.15) is 16.5 Å². The van der Waals surface area contributed by atoms with Gasteiger partial charge in [-0.1, -0.05) is 5.92 Å². The normalized spacial score (nSPS) is 10.6. The van der Waals surface area contributed by atoms with Crippen molar-refractivity contribution in [3.63, 3.8) is 0 Å². The monoisotopic (exact) mass is 352 g/mol. The summed E-state index contributed by atoms with van der Waals surface area (Å²) in [6, 6.07) is 5.02. The third-order valence-corrected chi connectivity index (χ3v) is 4.15. The molecule has 7 nitrogen and oxygen atoms in total. The van der Waals surface area contributed by atoms with E-state index >= 15 is 0 Å². The number of aromatic nitrogens is 3. The van der Waals surface area contributed by atoms with Gasteiger partial charge in [0.2, 0.25) is 0 Å². The number of carbonyl (C=O) groups is 1. The Hall–Kier alpha value is -3.44. The van der Waals surface area contributed by atoms with Gasteiger partial charge < -0.3 is 10.2 Å². The summed E-state index contributed by atoms with van der Waals surface area (Å²) in [4.78, 5) is 24.2. The molecule has 0 saturated heterocycles. The van der Waals surface area contributed by atoms with Gasteiger partial charge in [-0.3, -0.25) is 4.90 Å². The lowest BCUT2D eigenvalue weighted by Crippen LogP contribution is -2.24. The Balaban J connectivity index is 1.70. The van der Waals surface area contributed by atoms with Crippen LogP contribution in [0, 0.1) is 11.8 Å². The zero-order valence-corrected chi connectivity index (χ0v) is 13.9. The molecule has 0 aliphatic rings. The Labute approximate surface area is 146 Å². The highest BCUT2D eigenvalue weighted by molar-refractivity contribution is 7.19. The molecule has 0 fully saturated rings. The van der Waals surface area contributed by atoms with Crippen molar-refractivity contribution in [2.75, 3.05) is 11.9 Å². The Morgan fingerprint density at radius 1 is 1.32 bits per heavy atom. The largest absolute Gasteiger partial charge is 0.508 e. The summed E-state index contributed by atoms with van der Waals surface area (Å²) >= 11 is 1.45. The first kappa shape index (κ1) is 16.4. The van der Waals surface area contributed by atoms with Crippen LogP contribution >= 0.6 is 11.3 Å². The molecule has 124 valence electrons. The van der Waals surface area contributed by atoms with Crippen molar-refractivity contribution < 1.29 is 15.0 Å². The van der Waals surface area contributed by atoms with Gasteiger partial charge in [-0.15, -0.1) is 11.3 Å². The number of nitrogens with zero attached hydrogens (tertiary/aromatic N) is 4. The van der Waals surface area contributed by atoms with Gasteiger partial charge >= 0.3 is 6.09 Å². The maximum Gasteiger partial charge on any atom is 0.412 e. The molecule has 2 aromatic heterocycles. The van der Waals surface area contributed by atoms with E-state index in [1.807, 2.05) is 0 Å². The molecule has 0 bridgehead atoms. The third-order valence-electron chi connectivity index (χ3n) is 3.17. The summed E-state index contributed by atoms with van der Waals surface area (Å²) in [6.07, 6.45) is 5.07. The number of allylic oxidation sites excluding steroid dienone is 1. The van der Waals surface area contributed by atoms with Crippen LogP contribution in [0.4, 0.5) is 10.6 Å². The van der Waals surface area contributed by atoms with Crippen LogP contribution in [0.2, 0.25) is 0 Å². The van der Waals surface area contributed by atoms with Crippen molar-refractivity contribution in [2.24, 2.45) is 0 Å². The minimum atomic E-state index is -1.11. The summed E-state index contributed by atoms with van der Waals surface area (Å²) in [5.74, 6) is 6.08.